The maximum absolute atomic E-state index is 11.7. The maximum atomic E-state index is 11.7. The molecule has 0 spiro atoms. The molecule has 0 aliphatic heterocycles. The number of carbonyl (C=O) groups excluding carboxylic acids is 1. The van der Waals surface area contributed by atoms with Gasteiger partial charge in [0, 0.05) is 12.6 Å². The van der Waals surface area contributed by atoms with Crippen LogP contribution in [-0.2, 0) is 29.0 Å². The number of amides is 1. The Bertz CT molecular complexity index is 676. The first-order chi connectivity index (χ1) is 11.8. The SMILES string of the molecule is C=COCOCCCOCOc1ccc(NC(C)=O)cc1S(N)(=O)=O. The van der Waals surface area contributed by atoms with Gasteiger partial charge < -0.3 is 24.3 Å². The lowest BCUT2D eigenvalue weighted by atomic mass is 10.3. The van der Waals surface area contributed by atoms with E-state index >= 15 is 0 Å². The van der Waals surface area contributed by atoms with Gasteiger partial charge in [0.15, 0.2) is 13.6 Å². The van der Waals surface area contributed by atoms with Crippen LogP contribution in [0, 0.1) is 0 Å². The van der Waals surface area contributed by atoms with Crippen molar-refractivity contribution >= 4 is 21.6 Å². The van der Waals surface area contributed by atoms with Crippen LogP contribution >= 0.6 is 0 Å². The molecule has 0 heterocycles. The number of rotatable bonds is 12. The molecule has 0 fully saturated rings. The Morgan fingerprint density at radius 2 is 1.96 bits per heavy atom. The number of benzene rings is 1. The normalized spacial score (nSPS) is 11.0. The topological polar surface area (TPSA) is 126 Å². The Labute approximate surface area is 146 Å². The van der Waals surface area contributed by atoms with E-state index in [4.69, 9.17) is 24.1 Å². The van der Waals surface area contributed by atoms with Crippen molar-refractivity contribution in [3.63, 3.8) is 0 Å². The van der Waals surface area contributed by atoms with Crippen LogP contribution in [0.5, 0.6) is 5.75 Å². The van der Waals surface area contributed by atoms with Crippen molar-refractivity contribution in [2.75, 3.05) is 32.1 Å². The van der Waals surface area contributed by atoms with Gasteiger partial charge in [0.25, 0.3) is 0 Å². The molecule has 0 atom stereocenters. The molecule has 0 radical (unpaired) electrons. The number of hydrogen-bond acceptors (Lipinski definition) is 7. The molecule has 1 rings (SSSR count). The smallest absolute Gasteiger partial charge is 0.241 e. The third-order valence-corrected chi connectivity index (χ3v) is 3.65. The summed E-state index contributed by atoms with van der Waals surface area (Å²) in [5.41, 5.74) is 0.295. The maximum Gasteiger partial charge on any atom is 0.241 e. The molecule has 140 valence electrons. The Balaban J connectivity index is 2.49. The highest BCUT2D eigenvalue weighted by atomic mass is 32.2. The molecule has 0 saturated carbocycles. The van der Waals surface area contributed by atoms with Crippen LogP contribution < -0.4 is 15.2 Å². The average molecular weight is 374 g/mol. The number of ether oxygens (including phenoxy) is 4. The quantitative estimate of drug-likeness (QED) is 0.319. The van der Waals surface area contributed by atoms with E-state index in [1.165, 1.54) is 31.4 Å². The van der Waals surface area contributed by atoms with Crippen LogP contribution in [-0.4, -0.2) is 41.1 Å². The van der Waals surface area contributed by atoms with E-state index in [1.807, 2.05) is 0 Å². The van der Waals surface area contributed by atoms with Gasteiger partial charge in [0.05, 0.1) is 19.5 Å². The molecular weight excluding hydrogens is 352 g/mol. The van der Waals surface area contributed by atoms with Crippen LogP contribution in [0.15, 0.2) is 35.9 Å². The molecule has 1 amide bonds. The number of nitrogens with one attached hydrogen (secondary N) is 1. The summed E-state index contributed by atoms with van der Waals surface area (Å²) < 4.78 is 43.7. The van der Waals surface area contributed by atoms with Crippen molar-refractivity contribution in [2.24, 2.45) is 5.14 Å². The summed E-state index contributed by atoms with van der Waals surface area (Å²) in [4.78, 5) is 10.8. The highest BCUT2D eigenvalue weighted by Gasteiger charge is 2.16. The van der Waals surface area contributed by atoms with E-state index in [0.717, 1.165) is 0 Å². The molecule has 25 heavy (non-hydrogen) atoms. The number of anilines is 1. The van der Waals surface area contributed by atoms with Gasteiger partial charge in [-0.2, -0.15) is 0 Å². The first-order valence-corrected chi connectivity index (χ1v) is 8.84. The number of carbonyl (C=O) groups is 1. The lowest BCUT2D eigenvalue weighted by Crippen LogP contribution is -2.16. The first kappa shape index (κ1) is 20.9. The van der Waals surface area contributed by atoms with Crippen molar-refractivity contribution in [1.82, 2.24) is 0 Å². The highest BCUT2D eigenvalue weighted by Crippen LogP contribution is 2.26. The van der Waals surface area contributed by atoms with E-state index in [0.29, 0.717) is 25.3 Å². The molecule has 0 bridgehead atoms. The Morgan fingerprint density at radius 3 is 2.56 bits per heavy atom. The van der Waals surface area contributed by atoms with E-state index in [2.05, 4.69) is 11.9 Å². The summed E-state index contributed by atoms with van der Waals surface area (Å²) >= 11 is 0. The summed E-state index contributed by atoms with van der Waals surface area (Å²) in [6, 6.07) is 4.11. The van der Waals surface area contributed by atoms with E-state index in [-0.39, 0.29) is 30.1 Å². The first-order valence-electron chi connectivity index (χ1n) is 7.30. The van der Waals surface area contributed by atoms with Gasteiger partial charge in [-0.15, -0.1) is 0 Å². The van der Waals surface area contributed by atoms with Gasteiger partial charge in [-0.05, 0) is 24.6 Å². The van der Waals surface area contributed by atoms with Gasteiger partial charge >= 0.3 is 0 Å². The van der Waals surface area contributed by atoms with E-state index < -0.39 is 10.0 Å². The number of hydrogen-bond donors (Lipinski definition) is 2. The van der Waals surface area contributed by atoms with Crippen molar-refractivity contribution in [3.8, 4) is 5.75 Å². The van der Waals surface area contributed by atoms with Gasteiger partial charge in [0.1, 0.15) is 10.6 Å². The lowest BCUT2D eigenvalue weighted by molar-refractivity contribution is -0.114. The zero-order valence-corrected chi connectivity index (χ0v) is 14.7. The molecule has 0 aliphatic rings. The zero-order chi connectivity index (χ0) is 18.7. The largest absolute Gasteiger partial charge is 0.476 e. The summed E-state index contributed by atoms with van der Waals surface area (Å²) in [6.45, 7) is 5.43. The predicted octanol–water partition coefficient (Wildman–Crippen LogP) is 1.17. The van der Waals surface area contributed by atoms with Crippen molar-refractivity contribution < 1.29 is 32.2 Å². The Hall–Kier alpha value is -2.14. The highest BCUT2D eigenvalue weighted by molar-refractivity contribution is 7.89. The van der Waals surface area contributed by atoms with Crippen molar-refractivity contribution in [2.45, 2.75) is 18.2 Å². The summed E-state index contributed by atoms with van der Waals surface area (Å²) in [5, 5.41) is 7.64. The molecule has 0 aromatic heterocycles. The monoisotopic (exact) mass is 374 g/mol. The second-order valence-corrected chi connectivity index (χ2v) is 6.30. The Morgan fingerprint density at radius 1 is 1.28 bits per heavy atom. The fourth-order valence-corrected chi connectivity index (χ4v) is 2.41. The fourth-order valence-electron chi connectivity index (χ4n) is 1.71. The third kappa shape index (κ3) is 8.49. The second-order valence-electron chi connectivity index (χ2n) is 4.77. The van der Waals surface area contributed by atoms with Crippen LogP contribution in [0.3, 0.4) is 0 Å². The van der Waals surface area contributed by atoms with Crippen LogP contribution in [0.4, 0.5) is 5.69 Å². The minimum atomic E-state index is -4.03. The van der Waals surface area contributed by atoms with Gasteiger partial charge in [-0.25, -0.2) is 13.6 Å². The predicted molar refractivity (Wildman–Crippen MR) is 90.3 cm³/mol. The molecule has 1 aromatic rings. The van der Waals surface area contributed by atoms with Crippen molar-refractivity contribution in [1.29, 1.82) is 0 Å². The lowest BCUT2D eigenvalue weighted by Gasteiger charge is -2.12. The molecule has 9 nitrogen and oxygen atoms in total. The molecule has 1 aromatic carbocycles. The van der Waals surface area contributed by atoms with Crippen LogP contribution in [0.1, 0.15) is 13.3 Å². The van der Waals surface area contributed by atoms with Gasteiger partial charge in [0.2, 0.25) is 15.9 Å². The zero-order valence-electron chi connectivity index (χ0n) is 13.9. The number of sulfonamides is 1. The molecule has 0 saturated heterocycles. The van der Waals surface area contributed by atoms with Crippen molar-refractivity contribution in [3.05, 3.63) is 31.0 Å². The average Bonchev–Trinajstić information content (AvgIpc) is 2.53. The third-order valence-electron chi connectivity index (χ3n) is 2.71. The van der Waals surface area contributed by atoms with Gasteiger partial charge in [-0.3, -0.25) is 4.79 Å². The molecule has 0 aliphatic carbocycles. The van der Waals surface area contributed by atoms with Gasteiger partial charge in [-0.1, -0.05) is 6.58 Å². The molecule has 0 unspecified atom stereocenters. The number of primary sulfonamides is 1. The second kappa shape index (κ2) is 10.7. The van der Waals surface area contributed by atoms with Crippen LogP contribution in [0.25, 0.3) is 0 Å². The minimum Gasteiger partial charge on any atom is -0.476 e. The fraction of sp³-hybridized carbons (Fsp3) is 0.400. The molecular formula is C15H22N2O7S. The summed E-state index contributed by atoms with van der Waals surface area (Å²) in [5.74, 6) is -0.301. The number of nitrogens with two attached hydrogens (primary N) is 1. The summed E-state index contributed by atoms with van der Waals surface area (Å²) in [7, 11) is -4.03. The van der Waals surface area contributed by atoms with E-state index in [9.17, 15) is 13.2 Å². The molecule has 3 N–H and O–H groups in total. The molecule has 10 heteroatoms. The standard InChI is InChI=1S/C15H22N2O7S/c1-3-21-10-22-7-4-8-23-11-24-14-6-5-13(17-12(2)18)9-15(14)25(16,19)20/h3,5-6,9H,1,4,7-8,10-11H2,2H3,(H,17,18)(H2,16,19,20). The summed E-state index contributed by atoms with van der Waals surface area (Å²) in [6.07, 6.45) is 1.89. The van der Waals surface area contributed by atoms with E-state index in [1.54, 1.807) is 0 Å². The van der Waals surface area contributed by atoms with Crippen LogP contribution in [0.2, 0.25) is 0 Å². The minimum absolute atomic E-state index is 0.0345. The Kier molecular flexibility index (Phi) is 8.92.